The quantitative estimate of drug-likeness (QED) is 0.936. The van der Waals surface area contributed by atoms with Crippen molar-refractivity contribution in [2.45, 2.75) is 20.8 Å². The third kappa shape index (κ3) is 3.60. The second-order valence-electron chi connectivity index (χ2n) is 6.37. The third-order valence-electron chi connectivity index (χ3n) is 4.47. The van der Waals surface area contributed by atoms with Crippen LogP contribution in [-0.2, 0) is 4.74 Å². The zero-order valence-corrected chi connectivity index (χ0v) is 14.6. The van der Waals surface area contributed by atoms with Crippen molar-refractivity contribution in [3.63, 3.8) is 0 Å². The average molecular weight is 324 g/mol. The molecule has 2 aromatic rings. The molecule has 0 unspecified atom stereocenters. The number of anilines is 2. The predicted octanol–water partition coefficient (Wildman–Crippen LogP) is 3.70. The van der Waals surface area contributed by atoms with Gasteiger partial charge in [0.05, 0.1) is 13.2 Å². The van der Waals surface area contributed by atoms with Gasteiger partial charge in [-0.05, 0) is 56.2 Å². The number of nitrogens with zero attached hydrogens (tertiary/aromatic N) is 1. The van der Waals surface area contributed by atoms with Gasteiger partial charge in [0, 0.05) is 30.0 Å². The molecule has 126 valence electrons. The molecule has 0 saturated carbocycles. The highest BCUT2D eigenvalue weighted by Crippen LogP contribution is 2.24. The zero-order chi connectivity index (χ0) is 17.1. The van der Waals surface area contributed by atoms with E-state index in [9.17, 15) is 4.79 Å². The van der Waals surface area contributed by atoms with E-state index in [-0.39, 0.29) is 5.91 Å². The summed E-state index contributed by atoms with van der Waals surface area (Å²) in [6, 6.07) is 12.1. The predicted molar refractivity (Wildman–Crippen MR) is 98.1 cm³/mol. The molecule has 1 heterocycles. The van der Waals surface area contributed by atoms with Gasteiger partial charge in [0.1, 0.15) is 0 Å². The molecule has 0 spiro atoms. The monoisotopic (exact) mass is 324 g/mol. The average Bonchev–Trinajstić information content (AvgIpc) is 2.59. The summed E-state index contributed by atoms with van der Waals surface area (Å²) >= 11 is 0. The molecule has 4 heteroatoms. The number of amides is 1. The fraction of sp³-hybridized carbons (Fsp3) is 0.350. The number of morpholine rings is 1. The molecule has 3 rings (SSSR count). The molecule has 1 N–H and O–H groups in total. The van der Waals surface area contributed by atoms with Crippen molar-refractivity contribution < 1.29 is 9.53 Å². The summed E-state index contributed by atoms with van der Waals surface area (Å²) in [7, 11) is 0. The van der Waals surface area contributed by atoms with Crippen LogP contribution in [0.1, 0.15) is 27.0 Å². The summed E-state index contributed by atoms with van der Waals surface area (Å²) in [4.78, 5) is 14.9. The van der Waals surface area contributed by atoms with E-state index in [0.717, 1.165) is 54.2 Å². The van der Waals surface area contributed by atoms with E-state index in [1.54, 1.807) is 0 Å². The number of rotatable bonds is 3. The van der Waals surface area contributed by atoms with Gasteiger partial charge in [-0.15, -0.1) is 0 Å². The van der Waals surface area contributed by atoms with Gasteiger partial charge >= 0.3 is 0 Å². The highest BCUT2D eigenvalue weighted by atomic mass is 16.5. The molecule has 0 aromatic heterocycles. The lowest BCUT2D eigenvalue weighted by Crippen LogP contribution is -2.36. The fourth-order valence-electron chi connectivity index (χ4n) is 2.98. The smallest absolute Gasteiger partial charge is 0.255 e. The molecule has 24 heavy (non-hydrogen) atoms. The molecule has 0 radical (unpaired) electrons. The molecule has 1 fully saturated rings. The number of ether oxygens (including phenoxy) is 1. The van der Waals surface area contributed by atoms with E-state index in [1.165, 1.54) is 5.69 Å². The minimum atomic E-state index is -0.0570. The van der Waals surface area contributed by atoms with Crippen LogP contribution in [0.4, 0.5) is 11.4 Å². The molecule has 1 aliphatic rings. The van der Waals surface area contributed by atoms with Crippen LogP contribution >= 0.6 is 0 Å². The highest BCUT2D eigenvalue weighted by Gasteiger charge is 2.14. The summed E-state index contributed by atoms with van der Waals surface area (Å²) in [6.45, 7) is 9.35. The van der Waals surface area contributed by atoms with Gasteiger partial charge in [0.2, 0.25) is 0 Å². The van der Waals surface area contributed by atoms with Crippen molar-refractivity contribution in [2.24, 2.45) is 0 Å². The number of benzene rings is 2. The van der Waals surface area contributed by atoms with Gasteiger partial charge in [-0.25, -0.2) is 0 Å². The van der Waals surface area contributed by atoms with Crippen LogP contribution in [0.2, 0.25) is 0 Å². The Bertz CT molecular complexity index is 749. The Hall–Kier alpha value is -2.33. The van der Waals surface area contributed by atoms with Crippen LogP contribution < -0.4 is 10.2 Å². The van der Waals surface area contributed by atoms with E-state index in [1.807, 2.05) is 45.0 Å². The Morgan fingerprint density at radius 3 is 2.46 bits per heavy atom. The SMILES string of the molecule is Cc1ccc(C)c(C(=O)Nc2ccc(N3CCOCC3)cc2C)c1. The molecule has 1 saturated heterocycles. The van der Waals surface area contributed by atoms with Crippen molar-refractivity contribution >= 4 is 17.3 Å². The number of hydrogen-bond donors (Lipinski definition) is 1. The van der Waals surface area contributed by atoms with Crippen LogP contribution in [-0.4, -0.2) is 32.2 Å². The highest BCUT2D eigenvalue weighted by molar-refractivity contribution is 6.05. The molecular weight excluding hydrogens is 300 g/mol. The van der Waals surface area contributed by atoms with Gasteiger partial charge < -0.3 is 15.0 Å². The summed E-state index contributed by atoms with van der Waals surface area (Å²) < 4.78 is 5.40. The van der Waals surface area contributed by atoms with Crippen molar-refractivity contribution in [3.8, 4) is 0 Å². The zero-order valence-electron chi connectivity index (χ0n) is 14.6. The van der Waals surface area contributed by atoms with Gasteiger partial charge in [-0.1, -0.05) is 17.7 Å². The number of carbonyl (C=O) groups is 1. The number of carbonyl (C=O) groups excluding carboxylic acids is 1. The first kappa shape index (κ1) is 16.5. The first-order chi connectivity index (χ1) is 11.5. The Kier molecular flexibility index (Phi) is 4.86. The first-order valence-electron chi connectivity index (χ1n) is 8.36. The van der Waals surface area contributed by atoms with E-state index >= 15 is 0 Å². The molecule has 1 aliphatic heterocycles. The van der Waals surface area contributed by atoms with Gasteiger partial charge in [-0.3, -0.25) is 4.79 Å². The normalized spacial score (nSPS) is 14.5. The minimum Gasteiger partial charge on any atom is -0.378 e. The Morgan fingerprint density at radius 1 is 1.00 bits per heavy atom. The Labute approximate surface area is 143 Å². The van der Waals surface area contributed by atoms with Crippen LogP contribution in [0.5, 0.6) is 0 Å². The van der Waals surface area contributed by atoms with Crippen LogP contribution in [0.25, 0.3) is 0 Å². The first-order valence-corrected chi connectivity index (χ1v) is 8.36. The maximum Gasteiger partial charge on any atom is 0.255 e. The molecule has 2 aromatic carbocycles. The summed E-state index contributed by atoms with van der Waals surface area (Å²) in [6.07, 6.45) is 0. The lowest BCUT2D eigenvalue weighted by molar-refractivity contribution is 0.102. The summed E-state index contributed by atoms with van der Waals surface area (Å²) in [5.74, 6) is -0.0570. The molecule has 4 nitrogen and oxygen atoms in total. The number of hydrogen-bond acceptors (Lipinski definition) is 3. The van der Waals surface area contributed by atoms with Crippen molar-refractivity contribution in [3.05, 3.63) is 58.7 Å². The third-order valence-corrected chi connectivity index (χ3v) is 4.47. The lowest BCUT2D eigenvalue weighted by atomic mass is 10.0. The van der Waals surface area contributed by atoms with E-state index < -0.39 is 0 Å². The van der Waals surface area contributed by atoms with Crippen LogP contribution in [0.15, 0.2) is 36.4 Å². The van der Waals surface area contributed by atoms with Crippen LogP contribution in [0.3, 0.4) is 0 Å². The largest absolute Gasteiger partial charge is 0.378 e. The van der Waals surface area contributed by atoms with Crippen molar-refractivity contribution in [1.29, 1.82) is 0 Å². The molecular formula is C20H24N2O2. The maximum atomic E-state index is 12.6. The maximum absolute atomic E-state index is 12.6. The molecule has 1 amide bonds. The van der Waals surface area contributed by atoms with Crippen LogP contribution in [0, 0.1) is 20.8 Å². The number of aryl methyl sites for hydroxylation is 3. The van der Waals surface area contributed by atoms with Gasteiger partial charge in [-0.2, -0.15) is 0 Å². The van der Waals surface area contributed by atoms with Gasteiger partial charge in [0.25, 0.3) is 5.91 Å². The fourth-order valence-corrected chi connectivity index (χ4v) is 2.98. The van der Waals surface area contributed by atoms with Gasteiger partial charge in [0.15, 0.2) is 0 Å². The van der Waals surface area contributed by atoms with E-state index in [4.69, 9.17) is 4.74 Å². The summed E-state index contributed by atoms with van der Waals surface area (Å²) in [5, 5.41) is 3.04. The van der Waals surface area contributed by atoms with Crippen molar-refractivity contribution in [1.82, 2.24) is 0 Å². The second-order valence-corrected chi connectivity index (χ2v) is 6.37. The summed E-state index contributed by atoms with van der Waals surface area (Å²) in [5.41, 5.74) is 5.91. The molecule has 0 bridgehead atoms. The Balaban J connectivity index is 1.77. The molecule has 0 aliphatic carbocycles. The number of nitrogens with one attached hydrogen (secondary N) is 1. The van der Waals surface area contributed by atoms with E-state index in [2.05, 4.69) is 22.3 Å². The van der Waals surface area contributed by atoms with E-state index in [0.29, 0.717) is 0 Å². The molecule has 0 atom stereocenters. The second kappa shape index (κ2) is 7.05. The lowest BCUT2D eigenvalue weighted by Gasteiger charge is -2.29. The standard InChI is InChI=1S/C20H24N2O2/c1-14-4-5-15(2)18(12-14)20(23)21-19-7-6-17(13-16(19)3)22-8-10-24-11-9-22/h4-7,12-13H,8-11H2,1-3H3,(H,21,23). The van der Waals surface area contributed by atoms with Crippen molar-refractivity contribution in [2.75, 3.05) is 36.5 Å². The Morgan fingerprint density at radius 2 is 1.75 bits per heavy atom. The minimum absolute atomic E-state index is 0.0570. The topological polar surface area (TPSA) is 41.6 Å².